The maximum absolute atomic E-state index is 12.6. The fraction of sp³-hybridized carbons (Fsp3) is 0.200. The first-order valence-electron chi connectivity index (χ1n) is 4.96. The highest BCUT2D eigenvalue weighted by molar-refractivity contribution is 6.05. The summed E-state index contributed by atoms with van der Waals surface area (Å²) in [7, 11) is 0. The minimum Gasteiger partial charge on any atom is -0.369 e. The number of nitrogens with zero attached hydrogens (tertiary/aromatic N) is 1. The summed E-state index contributed by atoms with van der Waals surface area (Å²) in [5.41, 5.74) is 4.84. The third kappa shape index (κ3) is 3.90. The van der Waals surface area contributed by atoms with Crippen molar-refractivity contribution in [3.05, 3.63) is 35.6 Å². The van der Waals surface area contributed by atoms with E-state index in [-0.39, 0.29) is 5.56 Å². The Hall–Kier alpha value is -2.20. The van der Waals surface area contributed by atoms with E-state index in [2.05, 4.69) is 4.99 Å². The van der Waals surface area contributed by atoms with Gasteiger partial charge in [-0.2, -0.15) is 18.2 Å². The number of guanidine groups is 1. The van der Waals surface area contributed by atoms with Crippen LogP contribution in [0.15, 0.2) is 29.3 Å². The molecule has 1 aromatic rings. The summed E-state index contributed by atoms with van der Waals surface area (Å²) in [6, 6.07) is 3.99. The first-order valence-corrected chi connectivity index (χ1v) is 4.96. The number of amides is 1. The summed E-state index contributed by atoms with van der Waals surface area (Å²) in [6.45, 7) is 0. The number of hydrogen-bond donors (Lipinski definition) is 4. The van der Waals surface area contributed by atoms with Crippen molar-refractivity contribution in [3.8, 4) is 0 Å². The van der Waals surface area contributed by atoms with Crippen molar-refractivity contribution >= 4 is 11.9 Å². The maximum atomic E-state index is 12.6. The summed E-state index contributed by atoms with van der Waals surface area (Å²) >= 11 is 0. The van der Waals surface area contributed by atoms with Crippen LogP contribution in [0, 0.1) is 5.82 Å². The number of nitrogens with one attached hydrogen (secondary N) is 1. The number of carbonyl (C=O) groups excluding carboxylic acids is 1. The van der Waals surface area contributed by atoms with Crippen LogP contribution in [0.5, 0.6) is 0 Å². The number of hydrogen-bond acceptors (Lipinski definition) is 4. The largest absolute Gasteiger partial charge is 0.467 e. The number of aliphatic hydroxyl groups is 2. The standard InChI is InChI=1S/C10H9F4N3O3/c11-6-3-1-5(2-4-6)7(18)16-8(15)17-10(19,20)9(12,13)14/h1-4,19-20H,(H3,15,16,17,18). The molecule has 0 aliphatic rings. The van der Waals surface area contributed by atoms with Gasteiger partial charge >= 0.3 is 12.1 Å². The molecule has 0 bridgehead atoms. The summed E-state index contributed by atoms with van der Waals surface area (Å²) in [6.07, 6.45) is -5.49. The van der Waals surface area contributed by atoms with Gasteiger partial charge in [-0.1, -0.05) is 0 Å². The zero-order valence-electron chi connectivity index (χ0n) is 9.65. The van der Waals surface area contributed by atoms with E-state index in [1.165, 1.54) is 0 Å². The fourth-order valence-electron chi connectivity index (χ4n) is 1.05. The molecule has 1 rings (SSSR count). The van der Waals surface area contributed by atoms with Crippen LogP contribution in [-0.2, 0) is 0 Å². The van der Waals surface area contributed by atoms with E-state index in [0.29, 0.717) is 0 Å². The number of benzene rings is 1. The SMILES string of the molecule is NC(=NC(O)(O)C(F)(F)F)NC(=O)c1ccc(F)cc1. The minimum absolute atomic E-state index is 0.113. The van der Waals surface area contributed by atoms with Gasteiger partial charge in [0.15, 0.2) is 0 Å². The second-order valence-electron chi connectivity index (χ2n) is 3.59. The van der Waals surface area contributed by atoms with Crippen molar-refractivity contribution < 1.29 is 32.6 Å². The zero-order valence-corrected chi connectivity index (χ0v) is 9.65. The number of carbonyl (C=O) groups is 1. The van der Waals surface area contributed by atoms with Gasteiger partial charge in [0, 0.05) is 5.56 Å². The van der Waals surface area contributed by atoms with E-state index in [1.54, 1.807) is 5.32 Å². The number of halogens is 4. The predicted octanol–water partition coefficient (Wildman–Crippen LogP) is 0.0709. The number of alkyl halides is 3. The summed E-state index contributed by atoms with van der Waals surface area (Å²) in [5, 5.41) is 18.9. The van der Waals surface area contributed by atoms with Gasteiger partial charge < -0.3 is 15.9 Å². The molecular weight excluding hydrogens is 286 g/mol. The summed E-state index contributed by atoms with van der Waals surface area (Å²) < 4.78 is 48.8. The van der Waals surface area contributed by atoms with Crippen LogP contribution in [0.4, 0.5) is 17.6 Å². The van der Waals surface area contributed by atoms with E-state index < -0.39 is 29.8 Å². The summed E-state index contributed by atoms with van der Waals surface area (Å²) in [5.74, 6) is -7.21. The Balaban J connectivity index is 2.83. The molecule has 0 atom stereocenters. The van der Waals surface area contributed by atoms with Gasteiger partial charge in [-0.3, -0.25) is 10.1 Å². The lowest BCUT2D eigenvalue weighted by Gasteiger charge is -2.20. The molecule has 110 valence electrons. The van der Waals surface area contributed by atoms with Crippen LogP contribution in [0.3, 0.4) is 0 Å². The second-order valence-corrected chi connectivity index (χ2v) is 3.59. The fourth-order valence-corrected chi connectivity index (χ4v) is 1.05. The Morgan fingerprint density at radius 2 is 1.70 bits per heavy atom. The first kappa shape index (κ1) is 15.9. The first-order chi connectivity index (χ1) is 9.03. The van der Waals surface area contributed by atoms with Gasteiger partial charge in [-0.25, -0.2) is 4.39 Å². The van der Waals surface area contributed by atoms with Crippen LogP contribution < -0.4 is 11.1 Å². The molecule has 5 N–H and O–H groups in total. The zero-order chi connectivity index (χ0) is 15.6. The average molecular weight is 295 g/mol. The quantitative estimate of drug-likeness (QED) is 0.268. The third-order valence-corrected chi connectivity index (χ3v) is 2.00. The van der Waals surface area contributed by atoms with E-state index in [1.807, 2.05) is 0 Å². The van der Waals surface area contributed by atoms with Crippen LogP contribution in [0.25, 0.3) is 0 Å². The smallest absolute Gasteiger partial charge is 0.369 e. The lowest BCUT2D eigenvalue weighted by atomic mass is 10.2. The van der Waals surface area contributed by atoms with Crippen molar-refractivity contribution in [2.45, 2.75) is 12.1 Å². The Morgan fingerprint density at radius 3 is 2.15 bits per heavy atom. The molecule has 0 unspecified atom stereocenters. The van der Waals surface area contributed by atoms with E-state index in [4.69, 9.17) is 15.9 Å². The normalized spacial score (nSPS) is 13.2. The Morgan fingerprint density at radius 1 is 1.20 bits per heavy atom. The topological polar surface area (TPSA) is 108 Å². The molecule has 0 saturated heterocycles. The molecular formula is C10H9F4N3O3. The highest BCUT2D eigenvalue weighted by Crippen LogP contribution is 2.28. The molecule has 0 saturated carbocycles. The van der Waals surface area contributed by atoms with Crippen LogP contribution >= 0.6 is 0 Å². The molecule has 0 heterocycles. The van der Waals surface area contributed by atoms with Gasteiger partial charge in [0.1, 0.15) is 5.82 Å². The Kier molecular flexibility index (Phi) is 4.30. The molecule has 1 amide bonds. The van der Waals surface area contributed by atoms with Crippen LogP contribution in [0.1, 0.15) is 10.4 Å². The van der Waals surface area contributed by atoms with Crippen molar-refractivity contribution in [1.29, 1.82) is 0 Å². The van der Waals surface area contributed by atoms with E-state index in [0.717, 1.165) is 24.3 Å². The molecule has 0 aliphatic carbocycles. The summed E-state index contributed by atoms with van der Waals surface area (Å²) in [4.78, 5) is 13.8. The highest BCUT2D eigenvalue weighted by Gasteiger charge is 2.54. The van der Waals surface area contributed by atoms with Crippen LogP contribution in [-0.4, -0.2) is 34.2 Å². The molecule has 10 heteroatoms. The molecule has 0 radical (unpaired) electrons. The van der Waals surface area contributed by atoms with Gasteiger partial charge in [0.25, 0.3) is 5.91 Å². The van der Waals surface area contributed by atoms with Gasteiger partial charge in [0.2, 0.25) is 5.96 Å². The van der Waals surface area contributed by atoms with Crippen LogP contribution in [0.2, 0.25) is 0 Å². The number of aliphatic imine (C=N–C) groups is 1. The van der Waals surface area contributed by atoms with Crippen molar-refractivity contribution in [2.24, 2.45) is 10.7 Å². The number of rotatable bonds is 2. The molecule has 20 heavy (non-hydrogen) atoms. The highest BCUT2D eigenvalue weighted by atomic mass is 19.4. The molecule has 6 nitrogen and oxygen atoms in total. The van der Waals surface area contributed by atoms with Crippen molar-refractivity contribution in [2.75, 3.05) is 0 Å². The Bertz CT molecular complexity index is 526. The lowest BCUT2D eigenvalue weighted by molar-refractivity contribution is -0.344. The van der Waals surface area contributed by atoms with Gasteiger partial charge in [-0.15, -0.1) is 0 Å². The Labute approximate surface area is 109 Å². The average Bonchev–Trinajstić information content (AvgIpc) is 2.27. The molecule has 0 aromatic heterocycles. The van der Waals surface area contributed by atoms with Gasteiger partial charge in [0.05, 0.1) is 0 Å². The monoisotopic (exact) mass is 295 g/mol. The van der Waals surface area contributed by atoms with Crippen molar-refractivity contribution in [1.82, 2.24) is 5.32 Å². The van der Waals surface area contributed by atoms with E-state index in [9.17, 15) is 22.4 Å². The second kappa shape index (κ2) is 5.43. The molecule has 0 fully saturated rings. The van der Waals surface area contributed by atoms with Gasteiger partial charge in [-0.05, 0) is 24.3 Å². The number of nitrogens with two attached hydrogens (primary N) is 1. The maximum Gasteiger partial charge on any atom is 0.467 e. The van der Waals surface area contributed by atoms with E-state index >= 15 is 0 Å². The minimum atomic E-state index is -5.49. The van der Waals surface area contributed by atoms with Crippen molar-refractivity contribution in [3.63, 3.8) is 0 Å². The predicted molar refractivity (Wildman–Crippen MR) is 58.7 cm³/mol. The lowest BCUT2D eigenvalue weighted by Crippen LogP contribution is -2.47. The molecule has 1 aromatic carbocycles. The third-order valence-electron chi connectivity index (χ3n) is 2.00. The molecule has 0 aliphatic heterocycles. The molecule has 0 spiro atoms.